The first-order valence-corrected chi connectivity index (χ1v) is 7.21. The number of hydrogen-bond acceptors (Lipinski definition) is 2. The maximum atomic E-state index is 12.7. The van der Waals surface area contributed by atoms with Crippen LogP contribution in [-0.4, -0.2) is 10.8 Å². The molecule has 3 nitrogen and oxygen atoms in total. The number of halogens is 1. The van der Waals surface area contributed by atoms with Crippen molar-refractivity contribution < 1.29 is 9.21 Å². The van der Waals surface area contributed by atoms with Gasteiger partial charge in [-0.1, -0.05) is 24.3 Å². The summed E-state index contributed by atoms with van der Waals surface area (Å²) in [5.74, 6) is 0.394. The van der Waals surface area contributed by atoms with Gasteiger partial charge in [-0.25, -0.2) is 0 Å². The Morgan fingerprint density at radius 1 is 1.16 bits per heavy atom. The second-order valence-electron chi connectivity index (χ2n) is 5.05. The lowest BCUT2D eigenvalue weighted by Gasteiger charge is -2.21. The third-order valence-electron chi connectivity index (χ3n) is 4.15. The highest BCUT2D eigenvalue weighted by Gasteiger charge is 2.47. The van der Waals surface area contributed by atoms with E-state index in [1.54, 1.807) is 12.3 Å². The summed E-state index contributed by atoms with van der Waals surface area (Å²) in [5.41, 5.74) is 2.60. The Morgan fingerprint density at radius 2 is 1.79 bits per heavy atom. The second-order valence-corrected chi connectivity index (χ2v) is 5.90. The van der Waals surface area contributed by atoms with Gasteiger partial charge in [-0.05, 0) is 46.0 Å². The Bertz CT molecular complexity index is 633. The minimum atomic E-state index is -0.0134. The molecule has 1 fully saturated rings. The smallest absolute Gasteiger partial charge is 0.291 e. The van der Waals surface area contributed by atoms with Crippen LogP contribution in [0.15, 0.2) is 45.5 Å². The van der Waals surface area contributed by atoms with Crippen LogP contribution in [-0.2, 0) is 0 Å². The van der Waals surface area contributed by atoms with Crippen LogP contribution in [0.25, 0.3) is 0 Å². The van der Waals surface area contributed by atoms with Gasteiger partial charge in [0.2, 0.25) is 5.76 Å². The highest BCUT2D eigenvalue weighted by molar-refractivity contribution is 9.10. The number of fused-ring (bicyclic) bond motifs is 5. The Hall–Kier alpha value is -1.55. The first-order valence-electron chi connectivity index (χ1n) is 6.42. The predicted octanol–water partition coefficient (Wildman–Crippen LogP) is 4.07. The minimum absolute atomic E-state index is 0.0134. The molecule has 3 heterocycles. The largest absolute Gasteiger partial charge is 0.458 e. The van der Waals surface area contributed by atoms with E-state index in [-0.39, 0.29) is 18.0 Å². The summed E-state index contributed by atoms with van der Waals surface area (Å²) in [5, 5.41) is 0. The zero-order chi connectivity index (χ0) is 13.0. The lowest BCUT2D eigenvalue weighted by molar-refractivity contribution is 0.0662. The fourth-order valence-corrected chi connectivity index (χ4v) is 3.76. The topological polar surface area (TPSA) is 33.5 Å². The number of benzene rings is 1. The molecule has 2 atom stereocenters. The molecule has 0 aliphatic carbocycles. The van der Waals surface area contributed by atoms with E-state index < -0.39 is 0 Å². The van der Waals surface area contributed by atoms with Gasteiger partial charge in [0, 0.05) is 0 Å². The highest BCUT2D eigenvalue weighted by Crippen LogP contribution is 2.53. The number of furan rings is 1. The van der Waals surface area contributed by atoms with Crippen molar-refractivity contribution in [3.05, 3.63) is 58.0 Å². The van der Waals surface area contributed by atoms with E-state index in [1.165, 1.54) is 11.1 Å². The average molecular weight is 318 g/mol. The van der Waals surface area contributed by atoms with Crippen LogP contribution < -0.4 is 0 Å². The molecule has 4 heteroatoms. The van der Waals surface area contributed by atoms with Gasteiger partial charge in [0.25, 0.3) is 5.91 Å². The summed E-state index contributed by atoms with van der Waals surface area (Å²) >= 11 is 3.37. The first kappa shape index (κ1) is 11.3. The molecule has 2 aliphatic heterocycles. The number of hydrogen-bond donors (Lipinski definition) is 0. The van der Waals surface area contributed by atoms with Crippen molar-refractivity contribution in [2.45, 2.75) is 24.9 Å². The van der Waals surface area contributed by atoms with Crippen LogP contribution in [0.1, 0.15) is 46.6 Å². The maximum absolute atomic E-state index is 12.7. The number of rotatable bonds is 1. The van der Waals surface area contributed by atoms with Gasteiger partial charge in [-0.3, -0.25) is 4.79 Å². The maximum Gasteiger partial charge on any atom is 0.291 e. The molecule has 2 aromatic rings. The summed E-state index contributed by atoms with van der Waals surface area (Å²) < 4.78 is 6.05. The zero-order valence-corrected chi connectivity index (χ0v) is 11.8. The van der Waals surface area contributed by atoms with E-state index in [0.717, 1.165) is 17.3 Å². The lowest BCUT2D eigenvalue weighted by atomic mass is 9.92. The van der Waals surface area contributed by atoms with Crippen LogP contribution >= 0.6 is 15.9 Å². The molecule has 1 aromatic carbocycles. The van der Waals surface area contributed by atoms with E-state index in [9.17, 15) is 4.79 Å². The first-order chi connectivity index (χ1) is 9.27. The molecule has 0 spiro atoms. The molecule has 1 saturated heterocycles. The molecule has 19 heavy (non-hydrogen) atoms. The Morgan fingerprint density at radius 3 is 2.32 bits per heavy atom. The van der Waals surface area contributed by atoms with Gasteiger partial charge in [0.05, 0.1) is 22.8 Å². The minimum Gasteiger partial charge on any atom is -0.458 e. The van der Waals surface area contributed by atoms with E-state index in [2.05, 4.69) is 28.1 Å². The van der Waals surface area contributed by atoms with Crippen molar-refractivity contribution in [3.63, 3.8) is 0 Å². The predicted molar refractivity (Wildman–Crippen MR) is 73.7 cm³/mol. The normalized spacial score (nSPS) is 23.7. The van der Waals surface area contributed by atoms with Crippen molar-refractivity contribution >= 4 is 21.8 Å². The molecular weight excluding hydrogens is 306 g/mol. The number of carbonyl (C=O) groups is 1. The Balaban J connectivity index is 1.76. The molecule has 1 amide bonds. The molecule has 0 unspecified atom stereocenters. The molecule has 0 N–H and O–H groups in total. The Kier molecular flexibility index (Phi) is 2.36. The van der Waals surface area contributed by atoms with Crippen LogP contribution in [0.3, 0.4) is 0 Å². The molecule has 0 saturated carbocycles. The van der Waals surface area contributed by atoms with E-state index in [0.29, 0.717) is 5.76 Å². The zero-order valence-electron chi connectivity index (χ0n) is 10.2. The third-order valence-corrected chi connectivity index (χ3v) is 4.77. The van der Waals surface area contributed by atoms with E-state index >= 15 is 0 Å². The van der Waals surface area contributed by atoms with Crippen molar-refractivity contribution in [2.75, 3.05) is 0 Å². The van der Waals surface area contributed by atoms with Crippen LogP contribution in [0.4, 0.5) is 0 Å². The van der Waals surface area contributed by atoms with Gasteiger partial charge >= 0.3 is 0 Å². The summed E-state index contributed by atoms with van der Waals surface area (Å²) in [6.45, 7) is 0. The van der Waals surface area contributed by atoms with Gasteiger partial charge in [0.1, 0.15) is 0 Å². The summed E-state index contributed by atoms with van der Waals surface area (Å²) in [4.78, 5) is 14.6. The molecular formula is C15H12BrNO2. The fourth-order valence-electron chi connectivity index (χ4n) is 3.39. The van der Waals surface area contributed by atoms with Crippen LogP contribution in [0, 0.1) is 0 Å². The highest BCUT2D eigenvalue weighted by atomic mass is 79.9. The summed E-state index contributed by atoms with van der Waals surface area (Å²) in [7, 11) is 0. The SMILES string of the molecule is O=C(c1occc1Br)N1[C@H]2CC[C@H]1c1ccccc12. The van der Waals surface area contributed by atoms with Crippen molar-refractivity contribution in [3.8, 4) is 0 Å². The molecule has 1 aromatic heterocycles. The third kappa shape index (κ3) is 1.46. The fraction of sp³-hybridized carbons (Fsp3) is 0.267. The van der Waals surface area contributed by atoms with Gasteiger partial charge < -0.3 is 9.32 Å². The number of amides is 1. The van der Waals surface area contributed by atoms with Crippen LogP contribution in [0.5, 0.6) is 0 Å². The van der Waals surface area contributed by atoms with Gasteiger partial charge in [-0.15, -0.1) is 0 Å². The van der Waals surface area contributed by atoms with Gasteiger partial charge in [0.15, 0.2) is 0 Å². The molecule has 2 aliphatic rings. The second kappa shape index (κ2) is 3.97. The quantitative estimate of drug-likeness (QED) is 0.794. The van der Waals surface area contributed by atoms with Crippen LogP contribution in [0.2, 0.25) is 0 Å². The molecule has 0 radical (unpaired) electrons. The van der Waals surface area contributed by atoms with Crippen molar-refractivity contribution in [2.24, 2.45) is 0 Å². The van der Waals surface area contributed by atoms with E-state index in [4.69, 9.17) is 4.42 Å². The summed E-state index contributed by atoms with van der Waals surface area (Å²) in [6, 6.07) is 10.6. The number of nitrogens with zero attached hydrogens (tertiary/aromatic N) is 1. The standard InChI is InChI=1S/C15H12BrNO2/c16-11-7-8-19-14(11)15(18)17-12-5-6-13(17)10-4-2-1-3-9(10)12/h1-4,7-8,12-13H,5-6H2/t12-,13-/m0/s1. The summed E-state index contributed by atoms with van der Waals surface area (Å²) in [6.07, 6.45) is 3.64. The number of carbonyl (C=O) groups excluding carboxylic acids is 1. The Labute approximate surface area is 119 Å². The van der Waals surface area contributed by atoms with Crippen molar-refractivity contribution in [1.82, 2.24) is 4.90 Å². The van der Waals surface area contributed by atoms with Gasteiger partial charge in [-0.2, -0.15) is 0 Å². The average Bonchev–Trinajstić information content (AvgIpc) is 3.11. The van der Waals surface area contributed by atoms with Crippen molar-refractivity contribution in [1.29, 1.82) is 0 Å². The lowest BCUT2D eigenvalue weighted by Crippen LogP contribution is -2.27. The monoisotopic (exact) mass is 317 g/mol. The molecule has 96 valence electrons. The van der Waals surface area contributed by atoms with E-state index in [1.807, 2.05) is 17.0 Å². The molecule has 4 rings (SSSR count). The molecule has 2 bridgehead atoms.